The maximum Gasteiger partial charge on any atom is 0.253 e. The van der Waals surface area contributed by atoms with Crippen molar-refractivity contribution in [2.45, 2.75) is 25.3 Å². The van der Waals surface area contributed by atoms with Crippen molar-refractivity contribution in [3.05, 3.63) is 65.7 Å². The van der Waals surface area contributed by atoms with Gasteiger partial charge in [0.15, 0.2) is 0 Å². The van der Waals surface area contributed by atoms with E-state index in [0.29, 0.717) is 37.1 Å². The average molecular weight is 341 g/mol. The molecule has 0 spiro atoms. The maximum absolute atomic E-state index is 13.2. The largest absolute Gasteiger partial charge is 0.353 e. The molecule has 1 N–H and O–H groups in total. The molecule has 3 rings (SSSR count). The molecule has 1 aromatic heterocycles. The zero-order chi connectivity index (χ0) is 17.6. The highest BCUT2D eigenvalue weighted by Gasteiger charge is 2.24. The lowest BCUT2D eigenvalue weighted by Gasteiger charge is -2.32. The quantitative estimate of drug-likeness (QED) is 0.927. The van der Waals surface area contributed by atoms with Crippen LogP contribution < -0.4 is 5.32 Å². The SMILES string of the molecule is O=C(Cc1cccc(F)c1)NC1CCN(C(=O)c2ccncc2)CC1. The van der Waals surface area contributed by atoms with Crippen molar-refractivity contribution < 1.29 is 14.0 Å². The molecule has 1 aromatic carbocycles. The van der Waals surface area contributed by atoms with Gasteiger partial charge in [-0.1, -0.05) is 12.1 Å². The summed E-state index contributed by atoms with van der Waals surface area (Å²) in [4.78, 5) is 30.2. The van der Waals surface area contributed by atoms with E-state index in [0.717, 1.165) is 0 Å². The molecule has 2 aromatic rings. The number of carbonyl (C=O) groups excluding carboxylic acids is 2. The number of aromatic nitrogens is 1. The normalized spacial score (nSPS) is 15.0. The molecule has 0 atom stereocenters. The Morgan fingerprint density at radius 3 is 2.56 bits per heavy atom. The molecule has 0 aliphatic carbocycles. The second kappa shape index (κ2) is 7.88. The Morgan fingerprint density at radius 2 is 1.88 bits per heavy atom. The summed E-state index contributed by atoms with van der Waals surface area (Å²) in [6.45, 7) is 1.21. The smallest absolute Gasteiger partial charge is 0.253 e. The van der Waals surface area contributed by atoms with Crippen LogP contribution in [-0.2, 0) is 11.2 Å². The molecule has 130 valence electrons. The molecule has 0 bridgehead atoms. The first-order chi connectivity index (χ1) is 12.1. The number of nitrogens with one attached hydrogen (secondary N) is 1. The molecule has 25 heavy (non-hydrogen) atoms. The molecular weight excluding hydrogens is 321 g/mol. The van der Waals surface area contributed by atoms with Gasteiger partial charge in [0, 0.05) is 37.1 Å². The van der Waals surface area contributed by atoms with Gasteiger partial charge in [-0.3, -0.25) is 14.6 Å². The van der Waals surface area contributed by atoms with E-state index in [1.807, 2.05) is 0 Å². The number of halogens is 1. The number of hydrogen-bond donors (Lipinski definition) is 1. The number of likely N-dealkylation sites (tertiary alicyclic amines) is 1. The number of rotatable bonds is 4. The molecule has 2 heterocycles. The zero-order valence-electron chi connectivity index (χ0n) is 13.8. The van der Waals surface area contributed by atoms with Crippen LogP contribution in [0.15, 0.2) is 48.8 Å². The number of carbonyl (C=O) groups is 2. The zero-order valence-corrected chi connectivity index (χ0v) is 13.8. The van der Waals surface area contributed by atoms with Crippen LogP contribution in [0.4, 0.5) is 4.39 Å². The average Bonchev–Trinajstić information content (AvgIpc) is 2.62. The summed E-state index contributed by atoms with van der Waals surface area (Å²) in [6.07, 6.45) is 4.80. The van der Waals surface area contributed by atoms with Gasteiger partial charge in [0.2, 0.25) is 5.91 Å². The Kier molecular flexibility index (Phi) is 5.38. The molecule has 6 heteroatoms. The van der Waals surface area contributed by atoms with Crippen molar-refractivity contribution in [2.24, 2.45) is 0 Å². The van der Waals surface area contributed by atoms with Crippen LogP contribution in [0.1, 0.15) is 28.8 Å². The number of pyridine rings is 1. The van der Waals surface area contributed by atoms with Crippen molar-refractivity contribution in [3.63, 3.8) is 0 Å². The van der Waals surface area contributed by atoms with E-state index in [1.54, 1.807) is 41.6 Å². The van der Waals surface area contributed by atoms with Crippen LogP contribution in [-0.4, -0.2) is 40.8 Å². The van der Waals surface area contributed by atoms with Gasteiger partial charge < -0.3 is 10.2 Å². The van der Waals surface area contributed by atoms with Crippen LogP contribution in [0, 0.1) is 5.82 Å². The van der Waals surface area contributed by atoms with Gasteiger partial charge in [-0.2, -0.15) is 0 Å². The molecular formula is C19H20FN3O2. The Bertz CT molecular complexity index is 743. The molecule has 1 fully saturated rings. The van der Waals surface area contributed by atoms with Crippen LogP contribution in [0.3, 0.4) is 0 Å². The fraction of sp³-hybridized carbons (Fsp3) is 0.316. The predicted molar refractivity (Wildman–Crippen MR) is 91.4 cm³/mol. The monoisotopic (exact) mass is 341 g/mol. The fourth-order valence-electron chi connectivity index (χ4n) is 3.02. The van der Waals surface area contributed by atoms with Crippen LogP contribution in [0.2, 0.25) is 0 Å². The molecule has 2 amide bonds. The van der Waals surface area contributed by atoms with Crippen molar-refractivity contribution in [1.82, 2.24) is 15.2 Å². The first-order valence-corrected chi connectivity index (χ1v) is 8.35. The van der Waals surface area contributed by atoms with Gasteiger partial charge in [0.25, 0.3) is 5.91 Å². The van der Waals surface area contributed by atoms with E-state index in [1.165, 1.54) is 12.1 Å². The topological polar surface area (TPSA) is 62.3 Å². The minimum Gasteiger partial charge on any atom is -0.353 e. The van der Waals surface area contributed by atoms with Gasteiger partial charge in [0.1, 0.15) is 5.82 Å². The van der Waals surface area contributed by atoms with Gasteiger partial charge in [-0.05, 0) is 42.7 Å². The lowest BCUT2D eigenvalue weighted by Crippen LogP contribution is -2.46. The lowest BCUT2D eigenvalue weighted by molar-refractivity contribution is -0.121. The molecule has 0 radical (unpaired) electrons. The highest BCUT2D eigenvalue weighted by atomic mass is 19.1. The van der Waals surface area contributed by atoms with E-state index in [4.69, 9.17) is 0 Å². The van der Waals surface area contributed by atoms with Crippen molar-refractivity contribution in [3.8, 4) is 0 Å². The summed E-state index contributed by atoms with van der Waals surface area (Å²) in [7, 11) is 0. The fourth-order valence-corrected chi connectivity index (χ4v) is 3.02. The van der Waals surface area contributed by atoms with Gasteiger partial charge >= 0.3 is 0 Å². The Morgan fingerprint density at radius 1 is 1.16 bits per heavy atom. The number of amides is 2. The highest BCUT2D eigenvalue weighted by molar-refractivity contribution is 5.94. The Balaban J connectivity index is 1.47. The molecule has 1 aliphatic rings. The van der Waals surface area contributed by atoms with Crippen molar-refractivity contribution in [1.29, 1.82) is 0 Å². The maximum atomic E-state index is 13.2. The summed E-state index contributed by atoms with van der Waals surface area (Å²) >= 11 is 0. The minimum atomic E-state index is -0.340. The summed E-state index contributed by atoms with van der Waals surface area (Å²) in [5, 5.41) is 2.98. The van der Waals surface area contributed by atoms with E-state index in [2.05, 4.69) is 10.3 Å². The van der Waals surface area contributed by atoms with E-state index in [9.17, 15) is 14.0 Å². The summed E-state index contributed by atoms with van der Waals surface area (Å²) in [6, 6.07) is 9.51. The highest BCUT2D eigenvalue weighted by Crippen LogP contribution is 2.14. The Labute approximate surface area is 145 Å². The van der Waals surface area contributed by atoms with E-state index < -0.39 is 0 Å². The van der Waals surface area contributed by atoms with Gasteiger partial charge in [-0.15, -0.1) is 0 Å². The number of benzene rings is 1. The van der Waals surface area contributed by atoms with E-state index >= 15 is 0 Å². The second-order valence-electron chi connectivity index (χ2n) is 6.18. The molecule has 5 nitrogen and oxygen atoms in total. The van der Waals surface area contributed by atoms with Crippen LogP contribution in [0.25, 0.3) is 0 Å². The van der Waals surface area contributed by atoms with Crippen LogP contribution >= 0.6 is 0 Å². The van der Waals surface area contributed by atoms with E-state index in [-0.39, 0.29) is 30.1 Å². The minimum absolute atomic E-state index is 0.00747. The number of hydrogen-bond acceptors (Lipinski definition) is 3. The summed E-state index contributed by atoms with van der Waals surface area (Å²) in [5.74, 6) is -0.468. The molecule has 0 unspecified atom stereocenters. The predicted octanol–water partition coefficient (Wildman–Crippen LogP) is 2.18. The van der Waals surface area contributed by atoms with Crippen molar-refractivity contribution in [2.75, 3.05) is 13.1 Å². The molecule has 1 saturated heterocycles. The number of piperidine rings is 1. The third-order valence-electron chi connectivity index (χ3n) is 4.33. The van der Waals surface area contributed by atoms with Gasteiger partial charge in [0.05, 0.1) is 6.42 Å². The first kappa shape index (κ1) is 17.1. The lowest BCUT2D eigenvalue weighted by atomic mass is 10.0. The first-order valence-electron chi connectivity index (χ1n) is 8.35. The summed E-state index contributed by atoms with van der Waals surface area (Å²) < 4.78 is 13.2. The standard InChI is InChI=1S/C19H20FN3O2/c20-16-3-1-2-14(12-16)13-18(24)22-17-6-10-23(11-7-17)19(25)15-4-8-21-9-5-15/h1-5,8-9,12,17H,6-7,10-11,13H2,(H,22,24). The number of nitrogens with zero attached hydrogens (tertiary/aromatic N) is 2. The Hall–Kier alpha value is -2.76. The third kappa shape index (κ3) is 4.62. The summed E-state index contributed by atoms with van der Waals surface area (Å²) in [5.41, 5.74) is 1.28. The van der Waals surface area contributed by atoms with Crippen molar-refractivity contribution >= 4 is 11.8 Å². The van der Waals surface area contributed by atoms with Crippen LogP contribution in [0.5, 0.6) is 0 Å². The molecule has 1 aliphatic heterocycles. The second-order valence-corrected chi connectivity index (χ2v) is 6.18. The van der Waals surface area contributed by atoms with Gasteiger partial charge in [-0.25, -0.2) is 4.39 Å². The molecule has 0 saturated carbocycles. The third-order valence-corrected chi connectivity index (χ3v) is 4.33.